The van der Waals surface area contributed by atoms with Crippen LogP contribution in [0.15, 0.2) is 51.7 Å². The zero-order chi connectivity index (χ0) is 22.0. The Bertz CT molecular complexity index is 1270. The van der Waals surface area contributed by atoms with E-state index >= 15 is 0 Å². The average molecular weight is 429 g/mol. The van der Waals surface area contributed by atoms with Crippen molar-refractivity contribution in [3.8, 4) is 11.5 Å². The molecule has 2 aromatic heterocycles. The number of nitrogens with one attached hydrogen (secondary N) is 1. The van der Waals surface area contributed by atoms with Crippen LogP contribution in [-0.2, 0) is 13.1 Å². The van der Waals surface area contributed by atoms with E-state index in [9.17, 15) is 13.6 Å². The predicted molar refractivity (Wildman–Crippen MR) is 112 cm³/mol. The number of halogens is 2. The van der Waals surface area contributed by atoms with Crippen LogP contribution in [0, 0.1) is 0 Å². The number of hydrogen-bond acceptors (Lipinski definition) is 6. The smallest absolute Gasteiger partial charge is 0.387 e. The highest BCUT2D eigenvalue weighted by molar-refractivity contribution is 6.01. The van der Waals surface area contributed by atoms with Crippen LogP contribution in [0.3, 0.4) is 0 Å². The summed E-state index contributed by atoms with van der Waals surface area (Å²) in [5.41, 5.74) is 1.83. The van der Waals surface area contributed by atoms with E-state index in [1.54, 1.807) is 25.1 Å². The van der Waals surface area contributed by atoms with Crippen LogP contribution < -0.4 is 15.0 Å². The first kappa shape index (κ1) is 20.8. The Kier molecular flexibility index (Phi) is 5.85. The number of rotatable bonds is 8. The Morgan fingerprint density at radius 1 is 1.16 bits per heavy atom. The first-order valence-corrected chi connectivity index (χ1v) is 9.74. The molecule has 0 bridgehead atoms. The largest absolute Gasteiger partial charge is 0.490 e. The zero-order valence-electron chi connectivity index (χ0n) is 17.0. The first-order valence-electron chi connectivity index (χ1n) is 9.74. The highest BCUT2D eigenvalue weighted by atomic mass is 19.3. The summed E-state index contributed by atoms with van der Waals surface area (Å²) in [6, 6.07) is 12.2. The molecule has 2 aromatic carbocycles. The molecule has 0 atom stereocenters. The summed E-state index contributed by atoms with van der Waals surface area (Å²) in [6.07, 6.45) is 0. The molecule has 4 aromatic rings. The SMILES string of the molecule is CCOc1cc(CN(C)Cc2nc3c(oc4ccccc43)c(=O)[nH]2)ccc1OC(F)F. The van der Waals surface area contributed by atoms with Gasteiger partial charge in [-0.05, 0) is 43.8 Å². The third kappa shape index (κ3) is 4.51. The van der Waals surface area contributed by atoms with E-state index in [-0.39, 0.29) is 22.6 Å². The fraction of sp³-hybridized carbons (Fsp3) is 0.273. The van der Waals surface area contributed by atoms with Gasteiger partial charge in [0.25, 0.3) is 5.56 Å². The quantitative estimate of drug-likeness (QED) is 0.450. The fourth-order valence-electron chi connectivity index (χ4n) is 3.46. The summed E-state index contributed by atoms with van der Waals surface area (Å²) >= 11 is 0. The molecule has 9 heteroatoms. The van der Waals surface area contributed by atoms with E-state index < -0.39 is 6.61 Å². The molecule has 0 aliphatic rings. The van der Waals surface area contributed by atoms with E-state index in [0.717, 1.165) is 10.9 Å². The second-order valence-electron chi connectivity index (χ2n) is 7.05. The van der Waals surface area contributed by atoms with E-state index in [4.69, 9.17) is 9.15 Å². The minimum Gasteiger partial charge on any atom is -0.490 e. The molecule has 0 aliphatic carbocycles. The molecule has 0 saturated heterocycles. The number of aromatic nitrogens is 2. The van der Waals surface area contributed by atoms with Crippen LogP contribution in [0.1, 0.15) is 18.3 Å². The van der Waals surface area contributed by atoms with Gasteiger partial charge in [0.1, 0.15) is 16.9 Å². The van der Waals surface area contributed by atoms with Crippen molar-refractivity contribution in [3.05, 3.63) is 64.2 Å². The van der Waals surface area contributed by atoms with Crippen molar-refractivity contribution < 1.29 is 22.7 Å². The molecule has 0 radical (unpaired) electrons. The molecule has 0 saturated carbocycles. The van der Waals surface area contributed by atoms with Crippen molar-refractivity contribution in [2.24, 2.45) is 0 Å². The topological polar surface area (TPSA) is 80.6 Å². The van der Waals surface area contributed by atoms with Crippen molar-refractivity contribution in [1.82, 2.24) is 14.9 Å². The number of hydrogen-bond donors (Lipinski definition) is 1. The lowest BCUT2D eigenvalue weighted by Gasteiger charge is -2.18. The summed E-state index contributed by atoms with van der Waals surface area (Å²) < 4.78 is 40.7. The van der Waals surface area contributed by atoms with Gasteiger partial charge < -0.3 is 18.9 Å². The maximum Gasteiger partial charge on any atom is 0.387 e. The van der Waals surface area contributed by atoms with Crippen molar-refractivity contribution in [2.45, 2.75) is 26.6 Å². The lowest BCUT2D eigenvalue weighted by Crippen LogP contribution is -2.21. The van der Waals surface area contributed by atoms with Crippen LogP contribution in [-0.4, -0.2) is 35.1 Å². The van der Waals surface area contributed by atoms with Gasteiger partial charge >= 0.3 is 6.61 Å². The van der Waals surface area contributed by atoms with Gasteiger partial charge in [-0.3, -0.25) is 9.69 Å². The number of ether oxygens (including phenoxy) is 2. The van der Waals surface area contributed by atoms with Gasteiger partial charge in [0.2, 0.25) is 5.58 Å². The van der Waals surface area contributed by atoms with Crippen LogP contribution in [0.4, 0.5) is 8.78 Å². The number of alkyl halides is 2. The fourth-order valence-corrected chi connectivity index (χ4v) is 3.46. The number of fused-ring (bicyclic) bond motifs is 3. The van der Waals surface area contributed by atoms with Crippen molar-refractivity contribution in [3.63, 3.8) is 0 Å². The van der Waals surface area contributed by atoms with Crippen molar-refractivity contribution in [2.75, 3.05) is 13.7 Å². The maximum atomic E-state index is 12.6. The Morgan fingerprint density at radius 2 is 1.97 bits per heavy atom. The molecule has 2 heterocycles. The molecular weight excluding hydrogens is 408 g/mol. The number of aromatic amines is 1. The maximum absolute atomic E-state index is 12.6. The number of para-hydroxylation sites is 1. The molecule has 0 unspecified atom stereocenters. The molecular formula is C22H21F2N3O4. The molecule has 0 amide bonds. The van der Waals surface area contributed by atoms with Crippen LogP contribution in [0.25, 0.3) is 22.1 Å². The highest BCUT2D eigenvalue weighted by Gasteiger charge is 2.15. The second-order valence-corrected chi connectivity index (χ2v) is 7.05. The standard InChI is InChI=1S/C22H21F2N3O4/c1-3-29-17-10-13(8-9-16(17)31-22(23)24)11-27(2)12-18-25-19-14-6-4-5-7-15(14)30-20(19)21(28)26-18/h4-10,22H,3,11-12H2,1-2H3,(H,25,26,28). The molecule has 0 fully saturated rings. The van der Waals surface area contributed by atoms with Gasteiger partial charge in [-0.2, -0.15) is 8.78 Å². The van der Waals surface area contributed by atoms with Crippen LogP contribution >= 0.6 is 0 Å². The minimum atomic E-state index is -2.93. The Morgan fingerprint density at radius 3 is 2.74 bits per heavy atom. The lowest BCUT2D eigenvalue weighted by molar-refractivity contribution is -0.0514. The van der Waals surface area contributed by atoms with Gasteiger partial charge in [0, 0.05) is 11.9 Å². The van der Waals surface area contributed by atoms with E-state index in [1.807, 2.05) is 30.1 Å². The minimum absolute atomic E-state index is 0.00784. The molecule has 1 N–H and O–H groups in total. The van der Waals surface area contributed by atoms with Gasteiger partial charge in [-0.15, -0.1) is 0 Å². The summed E-state index contributed by atoms with van der Waals surface area (Å²) in [4.78, 5) is 21.7. The van der Waals surface area contributed by atoms with Gasteiger partial charge in [0.15, 0.2) is 11.5 Å². The normalized spacial score (nSPS) is 11.7. The number of furan rings is 1. The molecule has 7 nitrogen and oxygen atoms in total. The predicted octanol–water partition coefficient (Wildman–Crippen LogP) is 4.30. The van der Waals surface area contributed by atoms with Crippen molar-refractivity contribution >= 4 is 22.1 Å². The van der Waals surface area contributed by atoms with Gasteiger partial charge in [-0.1, -0.05) is 18.2 Å². The van der Waals surface area contributed by atoms with E-state index in [0.29, 0.717) is 36.6 Å². The molecule has 0 spiro atoms. The number of benzene rings is 2. The summed E-state index contributed by atoms with van der Waals surface area (Å²) in [6.45, 7) is 0.00248. The zero-order valence-corrected chi connectivity index (χ0v) is 17.0. The first-order chi connectivity index (χ1) is 14.9. The summed E-state index contributed by atoms with van der Waals surface area (Å²) in [5.74, 6) is 0.743. The number of H-pyrrole nitrogens is 1. The Hall–Kier alpha value is -3.46. The summed E-state index contributed by atoms with van der Waals surface area (Å²) in [7, 11) is 1.86. The third-order valence-corrected chi connectivity index (χ3v) is 4.68. The van der Waals surface area contributed by atoms with Crippen LogP contribution in [0.5, 0.6) is 11.5 Å². The molecule has 31 heavy (non-hydrogen) atoms. The van der Waals surface area contributed by atoms with Crippen LogP contribution in [0.2, 0.25) is 0 Å². The molecule has 162 valence electrons. The Balaban J connectivity index is 1.55. The lowest BCUT2D eigenvalue weighted by atomic mass is 10.2. The summed E-state index contributed by atoms with van der Waals surface area (Å²) in [5, 5.41) is 0.781. The Labute approximate surface area is 176 Å². The van der Waals surface area contributed by atoms with Crippen molar-refractivity contribution in [1.29, 1.82) is 0 Å². The molecule has 0 aliphatic heterocycles. The van der Waals surface area contributed by atoms with E-state index in [1.165, 1.54) is 6.07 Å². The van der Waals surface area contributed by atoms with E-state index in [2.05, 4.69) is 14.7 Å². The van der Waals surface area contributed by atoms with Gasteiger partial charge in [-0.25, -0.2) is 4.98 Å². The monoisotopic (exact) mass is 429 g/mol. The highest BCUT2D eigenvalue weighted by Crippen LogP contribution is 2.30. The molecule has 4 rings (SSSR count). The third-order valence-electron chi connectivity index (χ3n) is 4.68. The number of nitrogens with zero attached hydrogens (tertiary/aromatic N) is 2. The van der Waals surface area contributed by atoms with Gasteiger partial charge in [0.05, 0.1) is 13.2 Å². The second kappa shape index (κ2) is 8.73. The average Bonchev–Trinajstić information content (AvgIpc) is 3.09.